The monoisotopic (exact) mass is 325 g/mol. The number of aromatic nitrogens is 3. The zero-order chi connectivity index (χ0) is 15.4. The lowest BCUT2D eigenvalue weighted by atomic mass is 10.1. The van der Waals surface area contributed by atoms with Gasteiger partial charge in [-0.3, -0.25) is 4.79 Å². The highest BCUT2D eigenvalue weighted by Crippen LogP contribution is 2.27. The van der Waals surface area contributed by atoms with Gasteiger partial charge >= 0.3 is 5.97 Å². The van der Waals surface area contributed by atoms with Crippen molar-refractivity contribution in [1.29, 1.82) is 0 Å². The molecule has 0 bridgehead atoms. The van der Waals surface area contributed by atoms with Crippen LogP contribution in [0.2, 0.25) is 5.02 Å². The molecule has 0 saturated carbocycles. The molecule has 0 aliphatic carbocycles. The summed E-state index contributed by atoms with van der Waals surface area (Å²) >= 11 is 7.27. The molecule has 2 aromatic rings. The highest BCUT2D eigenvalue weighted by Gasteiger charge is 2.15. The van der Waals surface area contributed by atoms with Crippen molar-refractivity contribution in [2.75, 3.05) is 5.75 Å². The van der Waals surface area contributed by atoms with Crippen molar-refractivity contribution in [3.63, 3.8) is 0 Å². The van der Waals surface area contributed by atoms with Gasteiger partial charge in [0, 0.05) is 17.1 Å². The molecule has 5 nitrogen and oxygen atoms in total. The maximum atomic E-state index is 10.7. The highest BCUT2D eigenvalue weighted by atomic mass is 35.5. The number of aliphatic carboxylic acids is 1. The van der Waals surface area contributed by atoms with Crippen molar-refractivity contribution in [3.05, 3.63) is 28.8 Å². The van der Waals surface area contributed by atoms with Crippen molar-refractivity contribution in [3.8, 4) is 11.4 Å². The Kier molecular flexibility index (Phi) is 5.25. The first kappa shape index (κ1) is 15.9. The summed E-state index contributed by atoms with van der Waals surface area (Å²) in [6.07, 6.45) is 0.908. The molecular formula is C14H16ClN3O2S. The van der Waals surface area contributed by atoms with Gasteiger partial charge < -0.3 is 9.67 Å². The zero-order valence-electron chi connectivity index (χ0n) is 11.8. The molecule has 1 heterocycles. The van der Waals surface area contributed by atoms with Crippen LogP contribution in [0.25, 0.3) is 11.4 Å². The van der Waals surface area contributed by atoms with E-state index in [4.69, 9.17) is 16.7 Å². The number of carboxylic acids is 1. The van der Waals surface area contributed by atoms with Gasteiger partial charge in [0.25, 0.3) is 0 Å². The summed E-state index contributed by atoms with van der Waals surface area (Å²) in [5, 5.41) is 18.4. The summed E-state index contributed by atoms with van der Waals surface area (Å²) in [5.41, 5.74) is 1.94. The summed E-state index contributed by atoms with van der Waals surface area (Å²) in [4.78, 5) is 10.7. The van der Waals surface area contributed by atoms with E-state index >= 15 is 0 Å². The minimum atomic E-state index is -0.869. The molecular weight excluding hydrogens is 310 g/mol. The smallest absolute Gasteiger partial charge is 0.313 e. The van der Waals surface area contributed by atoms with Gasteiger partial charge in [0.1, 0.15) is 0 Å². The predicted octanol–water partition coefficient (Wildman–Crippen LogP) is 3.49. The summed E-state index contributed by atoms with van der Waals surface area (Å²) in [7, 11) is 0. The van der Waals surface area contributed by atoms with Crippen LogP contribution in [-0.2, 0) is 11.3 Å². The van der Waals surface area contributed by atoms with E-state index in [1.165, 1.54) is 11.8 Å². The molecule has 21 heavy (non-hydrogen) atoms. The van der Waals surface area contributed by atoms with E-state index in [0.717, 1.165) is 29.9 Å². The fourth-order valence-electron chi connectivity index (χ4n) is 2.03. The minimum Gasteiger partial charge on any atom is -0.481 e. The molecule has 1 aromatic heterocycles. The molecule has 7 heteroatoms. The van der Waals surface area contributed by atoms with E-state index in [-0.39, 0.29) is 5.75 Å². The Bertz CT molecular complexity index is 637. The molecule has 0 unspecified atom stereocenters. The molecule has 0 aliphatic rings. The molecule has 0 saturated heterocycles. The van der Waals surface area contributed by atoms with Crippen LogP contribution in [0.4, 0.5) is 0 Å². The molecule has 0 spiro atoms. The lowest BCUT2D eigenvalue weighted by Gasteiger charge is -2.09. The number of hydrogen-bond donors (Lipinski definition) is 1. The average molecular weight is 326 g/mol. The van der Waals surface area contributed by atoms with Gasteiger partial charge in [-0.25, -0.2) is 0 Å². The lowest BCUT2D eigenvalue weighted by molar-refractivity contribution is -0.133. The summed E-state index contributed by atoms with van der Waals surface area (Å²) in [6, 6.07) is 5.72. The molecule has 0 aliphatic heterocycles. The molecule has 2 rings (SSSR count). The topological polar surface area (TPSA) is 68.0 Å². The third kappa shape index (κ3) is 3.98. The standard InChI is InChI=1S/C14H16ClN3O2S/c1-3-4-18-13(10-5-9(2)6-11(15)7-10)16-17-14(18)21-8-12(19)20/h5-7H,3-4,8H2,1-2H3,(H,19,20). The van der Waals surface area contributed by atoms with Gasteiger partial charge in [-0.1, -0.05) is 30.3 Å². The van der Waals surface area contributed by atoms with Crippen LogP contribution < -0.4 is 0 Å². The number of nitrogens with zero attached hydrogens (tertiary/aromatic N) is 3. The zero-order valence-corrected chi connectivity index (χ0v) is 13.4. The van der Waals surface area contributed by atoms with Crippen LogP contribution in [0.5, 0.6) is 0 Å². The third-order valence-corrected chi connectivity index (χ3v) is 3.96. The molecule has 1 aromatic carbocycles. The Hall–Kier alpha value is -1.53. The van der Waals surface area contributed by atoms with Crippen molar-refractivity contribution in [2.24, 2.45) is 0 Å². The Labute approximate surface area is 132 Å². The van der Waals surface area contributed by atoms with Crippen LogP contribution >= 0.6 is 23.4 Å². The number of halogens is 1. The number of thioether (sulfide) groups is 1. The second kappa shape index (κ2) is 6.95. The number of aryl methyl sites for hydroxylation is 1. The van der Waals surface area contributed by atoms with Crippen LogP contribution in [-0.4, -0.2) is 31.6 Å². The Morgan fingerprint density at radius 1 is 1.38 bits per heavy atom. The van der Waals surface area contributed by atoms with E-state index in [1.54, 1.807) is 0 Å². The van der Waals surface area contributed by atoms with Crippen LogP contribution in [0.15, 0.2) is 23.4 Å². The molecule has 0 fully saturated rings. The normalized spacial score (nSPS) is 10.8. The van der Waals surface area contributed by atoms with Crippen molar-refractivity contribution in [2.45, 2.75) is 32.0 Å². The largest absolute Gasteiger partial charge is 0.481 e. The molecule has 0 amide bonds. The van der Waals surface area contributed by atoms with Crippen molar-refractivity contribution < 1.29 is 9.90 Å². The van der Waals surface area contributed by atoms with E-state index < -0.39 is 5.97 Å². The van der Waals surface area contributed by atoms with E-state index in [0.29, 0.717) is 10.2 Å². The highest BCUT2D eigenvalue weighted by molar-refractivity contribution is 7.99. The molecule has 112 valence electrons. The predicted molar refractivity (Wildman–Crippen MR) is 83.9 cm³/mol. The van der Waals surface area contributed by atoms with Crippen molar-refractivity contribution in [1.82, 2.24) is 14.8 Å². The van der Waals surface area contributed by atoms with Crippen LogP contribution in [0.1, 0.15) is 18.9 Å². The Morgan fingerprint density at radius 2 is 2.14 bits per heavy atom. The van der Waals surface area contributed by atoms with Gasteiger partial charge in [-0.15, -0.1) is 10.2 Å². The van der Waals surface area contributed by atoms with Crippen LogP contribution in [0, 0.1) is 6.92 Å². The van der Waals surface area contributed by atoms with E-state index in [1.807, 2.05) is 29.7 Å². The first-order chi connectivity index (χ1) is 10.0. The summed E-state index contributed by atoms with van der Waals surface area (Å²) in [5.74, 6) is -0.183. The van der Waals surface area contributed by atoms with Gasteiger partial charge in [-0.05, 0) is 37.1 Å². The van der Waals surface area contributed by atoms with E-state index in [9.17, 15) is 4.79 Å². The Morgan fingerprint density at radius 3 is 2.76 bits per heavy atom. The number of carbonyl (C=O) groups is 1. The fourth-order valence-corrected chi connectivity index (χ4v) is 3.00. The maximum absolute atomic E-state index is 10.7. The fraction of sp³-hybridized carbons (Fsp3) is 0.357. The molecule has 1 N–H and O–H groups in total. The quantitative estimate of drug-likeness (QED) is 0.823. The lowest BCUT2D eigenvalue weighted by Crippen LogP contribution is -2.04. The summed E-state index contributed by atoms with van der Waals surface area (Å²) in [6.45, 7) is 4.75. The molecule has 0 atom stereocenters. The average Bonchev–Trinajstić information content (AvgIpc) is 2.79. The van der Waals surface area contributed by atoms with Gasteiger partial charge in [0.05, 0.1) is 5.75 Å². The number of hydrogen-bond acceptors (Lipinski definition) is 4. The van der Waals surface area contributed by atoms with Gasteiger partial charge in [0.2, 0.25) is 0 Å². The number of carboxylic acid groups (broad SMARTS) is 1. The SMILES string of the molecule is CCCn1c(SCC(=O)O)nnc1-c1cc(C)cc(Cl)c1. The first-order valence-electron chi connectivity index (χ1n) is 6.56. The van der Waals surface area contributed by atoms with Gasteiger partial charge in [0.15, 0.2) is 11.0 Å². The number of benzene rings is 1. The summed E-state index contributed by atoms with van der Waals surface area (Å²) < 4.78 is 1.94. The third-order valence-electron chi connectivity index (χ3n) is 2.79. The van der Waals surface area contributed by atoms with Gasteiger partial charge in [-0.2, -0.15) is 0 Å². The van der Waals surface area contributed by atoms with Crippen molar-refractivity contribution >= 4 is 29.3 Å². The maximum Gasteiger partial charge on any atom is 0.313 e. The Balaban J connectivity index is 2.40. The second-order valence-corrected chi connectivity index (χ2v) is 6.04. The van der Waals surface area contributed by atoms with Crippen LogP contribution in [0.3, 0.4) is 0 Å². The van der Waals surface area contributed by atoms with E-state index in [2.05, 4.69) is 17.1 Å². The first-order valence-corrected chi connectivity index (χ1v) is 7.93. The number of rotatable bonds is 6. The second-order valence-electron chi connectivity index (χ2n) is 4.66. The molecule has 0 radical (unpaired) electrons. The minimum absolute atomic E-state index is 0.0313.